The molecule has 0 spiro atoms. The molecule has 0 aliphatic carbocycles. The number of pyridine rings is 2. The molecule has 6 heteroatoms. The van der Waals surface area contributed by atoms with Crippen LogP contribution in [0.2, 0.25) is 0 Å². The van der Waals surface area contributed by atoms with Crippen LogP contribution in [0.1, 0.15) is 17.8 Å². The van der Waals surface area contributed by atoms with Crippen LogP contribution >= 0.6 is 47.0 Å². The van der Waals surface area contributed by atoms with E-state index in [1.54, 1.807) is 0 Å². The minimum Gasteiger partial charge on any atom is -0.260 e. The molecule has 0 radical (unpaired) electrons. The number of thioether (sulfide) groups is 4. The van der Waals surface area contributed by atoms with Crippen LogP contribution in [-0.2, 0) is 11.5 Å². The summed E-state index contributed by atoms with van der Waals surface area (Å²) >= 11 is 8.14. The van der Waals surface area contributed by atoms with E-state index in [9.17, 15) is 0 Å². The second-order valence-electron chi connectivity index (χ2n) is 5.33. The average Bonchev–Trinajstić information content (AvgIpc) is 2.67. The third-order valence-corrected chi connectivity index (χ3v) is 7.92. The topological polar surface area (TPSA) is 25.8 Å². The van der Waals surface area contributed by atoms with Crippen molar-refractivity contribution in [3.8, 4) is 0 Å². The summed E-state index contributed by atoms with van der Waals surface area (Å²) in [6.07, 6.45) is 5.07. The minimum absolute atomic E-state index is 1.04. The Bertz CT molecular complexity index is 490. The van der Waals surface area contributed by atoms with Crippen LogP contribution in [0, 0.1) is 0 Å². The average molecular weight is 411 g/mol. The third-order valence-electron chi connectivity index (χ3n) is 3.27. The molecule has 0 amide bonds. The molecule has 0 saturated heterocycles. The fourth-order valence-electron chi connectivity index (χ4n) is 2.02. The summed E-state index contributed by atoms with van der Waals surface area (Å²) in [6, 6.07) is 12.3. The first-order valence-electron chi connectivity index (χ1n) is 8.56. The monoisotopic (exact) mass is 410 g/mol. The number of nitrogens with zero attached hydrogens (tertiary/aromatic N) is 2. The highest BCUT2D eigenvalue weighted by Crippen LogP contribution is 2.15. The van der Waals surface area contributed by atoms with Crippen LogP contribution in [0.3, 0.4) is 0 Å². The Morgan fingerprint density at radius 2 is 1.04 bits per heavy atom. The van der Waals surface area contributed by atoms with Gasteiger partial charge >= 0.3 is 0 Å². The predicted molar refractivity (Wildman–Crippen MR) is 120 cm³/mol. The lowest BCUT2D eigenvalue weighted by atomic mass is 10.4. The van der Waals surface area contributed by atoms with Gasteiger partial charge in [-0.2, -0.15) is 47.0 Å². The van der Waals surface area contributed by atoms with E-state index in [1.807, 2.05) is 48.1 Å². The van der Waals surface area contributed by atoms with E-state index in [0.717, 1.165) is 11.5 Å². The first-order chi connectivity index (χ1) is 12.4. The van der Waals surface area contributed by atoms with Gasteiger partial charge in [0.15, 0.2) is 0 Å². The van der Waals surface area contributed by atoms with E-state index in [4.69, 9.17) is 0 Å². The van der Waals surface area contributed by atoms with Gasteiger partial charge < -0.3 is 0 Å². The van der Waals surface area contributed by atoms with E-state index in [-0.39, 0.29) is 0 Å². The highest BCUT2D eigenvalue weighted by molar-refractivity contribution is 8.03. The van der Waals surface area contributed by atoms with Crippen molar-refractivity contribution in [3.05, 3.63) is 60.2 Å². The molecule has 0 bridgehead atoms. The van der Waals surface area contributed by atoms with Crippen molar-refractivity contribution in [2.45, 2.75) is 17.9 Å². The second-order valence-corrected chi connectivity index (χ2v) is 9.99. The Balaban J connectivity index is 1.30. The fourth-order valence-corrected chi connectivity index (χ4v) is 6.25. The Morgan fingerprint density at radius 1 is 0.560 bits per heavy atom. The summed E-state index contributed by atoms with van der Waals surface area (Å²) in [5.41, 5.74) is 2.38. The van der Waals surface area contributed by atoms with Crippen LogP contribution in [0.5, 0.6) is 0 Å². The van der Waals surface area contributed by atoms with Crippen LogP contribution < -0.4 is 0 Å². The van der Waals surface area contributed by atoms with Crippen LogP contribution in [0.4, 0.5) is 0 Å². The minimum atomic E-state index is 1.04. The van der Waals surface area contributed by atoms with E-state index >= 15 is 0 Å². The highest BCUT2D eigenvalue weighted by atomic mass is 32.2. The second kappa shape index (κ2) is 14.8. The van der Waals surface area contributed by atoms with Gasteiger partial charge in [0.2, 0.25) is 0 Å². The summed E-state index contributed by atoms with van der Waals surface area (Å²) in [7, 11) is 0. The summed E-state index contributed by atoms with van der Waals surface area (Å²) in [5, 5.41) is 0. The zero-order chi connectivity index (χ0) is 17.4. The quantitative estimate of drug-likeness (QED) is 0.382. The lowest BCUT2D eigenvalue weighted by Gasteiger charge is -2.03. The molecule has 0 fully saturated rings. The molecule has 0 atom stereocenters. The summed E-state index contributed by atoms with van der Waals surface area (Å²) in [4.78, 5) is 8.70. The third kappa shape index (κ3) is 11.1. The highest BCUT2D eigenvalue weighted by Gasteiger charge is 1.97. The van der Waals surface area contributed by atoms with E-state index < -0.39 is 0 Å². The van der Waals surface area contributed by atoms with Crippen LogP contribution in [-0.4, -0.2) is 44.5 Å². The van der Waals surface area contributed by atoms with Gasteiger partial charge in [-0.1, -0.05) is 12.1 Å². The van der Waals surface area contributed by atoms with Gasteiger partial charge in [-0.25, -0.2) is 0 Å². The Hall–Kier alpha value is -0.300. The maximum atomic E-state index is 4.35. The van der Waals surface area contributed by atoms with Gasteiger partial charge in [0.1, 0.15) is 0 Å². The Labute approximate surface area is 169 Å². The molecule has 2 aromatic heterocycles. The SMILES string of the molecule is c1ccc(CSCCSCCCSCCSCc2ccccn2)nc1. The number of rotatable bonds is 14. The van der Waals surface area contributed by atoms with Crippen LogP contribution in [0.15, 0.2) is 48.8 Å². The van der Waals surface area contributed by atoms with Gasteiger partial charge in [0.25, 0.3) is 0 Å². The molecule has 25 heavy (non-hydrogen) atoms. The number of hydrogen-bond donors (Lipinski definition) is 0. The van der Waals surface area contributed by atoms with Crippen molar-refractivity contribution in [2.24, 2.45) is 0 Å². The largest absolute Gasteiger partial charge is 0.260 e. The summed E-state index contributed by atoms with van der Waals surface area (Å²) < 4.78 is 0. The van der Waals surface area contributed by atoms with Crippen molar-refractivity contribution in [1.82, 2.24) is 9.97 Å². The van der Waals surface area contributed by atoms with E-state index in [2.05, 4.69) is 57.8 Å². The summed E-state index contributed by atoms with van der Waals surface area (Å²) in [5.74, 6) is 9.60. The van der Waals surface area contributed by atoms with Crippen molar-refractivity contribution in [3.63, 3.8) is 0 Å². The van der Waals surface area contributed by atoms with E-state index in [0.29, 0.717) is 0 Å². The van der Waals surface area contributed by atoms with Crippen molar-refractivity contribution >= 4 is 47.0 Å². The lowest BCUT2D eigenvalue weighted by Crippen LogP contribution is -1.93. The zero-order valence-electron chi connectivity index (χ0n) is 14.5. The maximum absolute atomic E-state index is 4.35. The zero-order valence-corrected chi connectivity index (χ0v) is 17.8. The van der Waals surface area contributed by atoms with Crippen molar-refractivity contribution in [2.75, 3.05) is 34.5 Å². The van der Waals surface area contributed by atoms with Gasteiger partial charge in [0.05, 0.1) is 11.4 Å². The van der Waals surface area contributed by atoms with Crippen molar-refractivity contribution in [1.29, 1.82) is 0 Å². The molecule has 0 aliphatic heterocycles. The number of aromatic nitrogens is 2. The molecule has 0 N–H and O–H groups in total. The van der Waals surface area contributed by atoms with Gasteiger partial charge in [0, 0.05) is 46.9 Å². The smallest absolute Gasteiger partial charge is 0.0502 e. The fraction of sp³-hybridized carbons (Fsp3) is 0.474. The molecule has 0 unspecified atom stereocenters. The van der Waals surface area contributed by atoms with Gasteiger partial charge in [-0.3, -0.25) is 9.97 Å². The molecule has 136 valence electrons. The molecule has 0 saturated carbocycles. The first kappa shape index (κ1) is 21.0. The summed E-state index contributed by atoms with van der Waals surface area (Å²) in [6.45, 7) is 0. The van der Waals surface area contributed by atoms with Gasteiger partial charge in [-0.15, -0.1) is 0 Å². The van der Waals surface area contributed by atoms with Crippen LogP contribution in [0.25, 0.3) is 0 Å². The molecular weight excluding hydrogens is 384 g/mol. The molecule has 0 aliphatic rings. The van der Waals surface area contributed by atoms with E-state index in [1.165, 1.54) is 52.3 Å². The normalized spacial score (nSPS) is 10.9. The molecule has 0 aromatic carbocycles. The Kier molecular flexibility index (Phi) is 12.5. The molecule has 2 heterocycles. The molecule has 2 rings (SSSR count). The molecule has 2 aromatic rings. The molecular formula is C19H26N2S4. The van der Waals surface area contributed by atoms with Crippen molar-refractivity contribution < 1.29 is 0 Å². The maximum Gasteiger partial charge on any atom is 0.0502 e. The number of hydrogen-bond acceptors (Lipinski definition) is 6. The lowest BCUT2D eigenvalue weighted by molar-refractivity contribution is 1.12. The first-order valence-corrected chi connectivity index (χ1v) is 13.2. The Morgan fingerprint density at radius 3 is 1.48 bits per heavy atom. The molecule has 2 nitrogen and oxygen atoms in total. The predicted octanol–water partition coefficient (Wildman–Crippen LogP) is 5.50. The standard InChI is InChI=1S/C19H26N2S4/c1-3-8-20-18(6-1)16-24-14-12-22-10-5-11-23-13-15-25-17-19-7-2-4-9-21-19/h1-4,6-9H,5,10-17H2. The van der Waals surface area contributed by atoms with Gasteiger partial charge in [-0.05, 0) is 42.2 Å².